The Morgan fingerprint density at radius 3 is 2.39 bits per heavy atom. The van der Waals surface area contributed by atoms with E-state index < -0.39 is 0 Å². The molecule has 1 aromatic carbocycles. The smallest absolute Gasteiger partial charge is 0.240 e. The highest BCUT2D eigenvalue weighted by Crippen LogP contribution is 2.30. The highest BCUT2D eigenvalue weighted by Gasteiger charge is 2.29. The molecule has 0 aliphatic heterocycles. The number of carbonyl (C=O) groups is 2. The SMILES string of the molecule is CCCCCCCCCCC(=O)NN=C(C)c1cccc(NC(=O)C2CC2)c1. The summed E-state index contributed by atoms with van der Waals surface area (Å²) < 4.78 is 0. The van der Waals surface area contributed by atoms with E-state index in [0.29, 0.717) is 6.42 Å². The molecule has 1 fully saturated rings. The number of anilines is 1. The summed E-state index contributed by atoms with van der Waals surface area (Å²) in [5.74, 6) is 0.225. The molecule has 0 bridgehead atoms. The molecule has 5 heteroatoms. The number of hydrogen-bond donors (Lipinski definition) is 2. The van der Waals surface area contributed by atoms with Crippen molar-refractivity contribution in [1.29, 1.82) is 0 Å². The second-order valence-corrected chi connectivity index (χ2v) is 7.80. The molecule has 0 spiro atoms. The molecular weight excluding hydrogens is 350 g/mol. The van der Waals surface area contributed by atoms with Gasteiger partial charge in [0.05, 0.1) is 5.71 Å². The molecule has 0 aromatic heterocycles. The summed E-state index contributed by atoms with van der Waals surface area (Å²) in [5.41, 5.74) is 5.04. The highest BCUT2D eigenvalue weighted by atomic mass is 16.2. The van der Waals surface area contributed by atoms with E-state index in [9.17, 15) is 9.59 Å². The fourth-order valence-electron chi connectivity index (χ4n) is 3.10. The quantitative estimate of drug-likeness (QED) is 0.271. The van der Waals surface area contributed by atoms with Crippen LogP contribution in [0.25, 0.3) is 0 Å². The Morgan fingerprint density at radius 1 is 1.04 bits per heavy atom. The van der Waals surface area contributed by atoms with Crippen LogP contribution in [0, 0.1) is 5.92 Å². The Labute approximate surface area is 169 Å². The van der Waals surface area contributed by atoms with Crippen LogP contribution < -0.4 is 10.7 Å². The van der Waals surface area contributed by atoms with Crippen molar-refractivity contribution in [1.82, 2.24) is 5.43 Å². The van der Waals surface area contributed by atoms with Crippen LogP contribution in [0.4, 0.5) is 5.69 Å². The molecule has 2 rings (SSSR count). The maximum atomic E-state index is 12.0. The summed E-state index contributed by atoms with van der Waals surface area (Å²) in [6, 6.07) is 7.58. The molecule has 1 aliphatic carbocycles. The number of hydrazone groups is 1. The van der Waals surface area contributed by atoms with E-state index in [1.54, 1.807) is 0 Å². The van der Waals surface area contributed by atoms with Gasteiger partial charge in [-0.05, 0) is 43.9 Å². The van der Waals surface area contributed by atoms with Gasteiger partial charge in [0.15, 0.2) is 0 Å². The number of benzene rings is 1. The number of amides is 2. The maximum Gasteiger partial charge on any atom is 0.240 e. The van der Waals surface area contributed by atoms with Crippen molar-refractivity contribution in [2.24, 2.45) is 11.0 Å². The van der Waals surface area contributed by atoms with Gasteiger partial charge in [0.1, 0.15) is 0 Å². The molecule has 0 saturated heterocycles. The Bertz CT molecular complexity index is 666. The minimum atomic E-state index is -0.0384. The molecular formula is C23H35N3O2. The number of nitrogens with zero attached hydrogens (tertiary/aromatic N) is 1. The van der Waals surface area contributed by atoms with E-state index in [-0.39, 0.29) is 17.7 Å². The largest absolute Gasteiger partial charge is 0.326 e. The molecule has 1 saturated carbocycles. The van der Waals surface area contributed by atoms with E-state index in [1.165, 1.54) is 38.5 Å². The Hall–Kier alpha value is -2.17. The monoisotopic (exact) mass is 385 g/mol. The van der Waals surface area contributed by atoms with E-state index in [0.717, 1.165) is 42.6 Å². The molecule has 0 atom stereocenters. The van der Waals surface area contributed by atoms with Gasteiger partial charge < -0.3 is 5.32 Å². The zero-order chi connectivity index (χ0) is 20.2. The minimum Gasteiger partial charge on any atom is -0.326 e. The lowest BCUT2D eigenvalue weighted by molar-refractivity contribution is -0.121. The molecule has 0 heterocycles. The zero-order valence-corrected chi connectivity index (χ0v) is 17.4. The average molecular weight is 386 g/mol. The number of unbranched alkanes of at least 4 members (excludes halogenated alkanes) is 7. The molecule has 0 unspecified atom stereocenters. The summed E-state index contributed by atoms with van der Waals surface area (Å²) in [4.78, 5) is 23.9. The molecule has 5 nitrogen and oxygen atoms in total. The number of rotatable bonds is 13. The van der Waals surface area contributed by atoms with Crippen molar-refractivity contribution in [3.8, 4) is 0 Å². The van der Waals surface area contributed by atoms with Crippen LogP contribution in [0.3, 0.4) is 0 Å². The highest BCUT2D eigenvalue weighted by molar-refractivity contribution is 6.01. The van der Waals surface area contributed by atoms with Crippen LogP contribution in [0.2, 0.25) is 0 Å². The van der Waals surface area contributed by atoms with E-state index >= 15 is 0 Å². The van der Waals surface area contributed by atoms with Crippen LogP contribution in [0.1, 0.15) is 90.0 Å². The second-order valence-electron chi connectivity index (χ2n) is 7.80. The van der Waals surface area contributed by atoms with Crippen LogP contribution in [-0.2, 0) is 9.59 Å². The molecule has 1 aromatic rings. The molecule has 2 N–H and O–H groups in total. The van der Waals surface area contributed by atoms with Crippen LogP contribution >= 0.6 is 0 Å². The fourth-order valence-corrected chi connectivity index (χ4v) is 3.10. The number of hydrogen-bond acceptors (Lipinski definition) is 3. The van der Waals surface area contributed by atoms with Gasteiger partial charge in [0.2, 0.25) is 11.8 Å². The normalized spacial score (nSPS) is 14.0. The summed E-state index contributed by atoms with van der Waals surface area (Å²) in [7, 11) is 0. The molecule has 28 heavy (non-hydrogen) atoms. The van der Waals surface area contributed by atoms with Crippen molar-refractivity contribution in [3.63, 3.8) is 0 Å². The third-order valence-electron chi connectivity index (χ3n) is 5.10. The van der Waals surface area contributed by atoms with Gasteiger partial charge in [-0.3, -0.25) is 9.59 Å². The first-order chi connectivity index (χ1) is 13.6. The summed E-state index contributed by atoms with van der Waals surface area (Å²) >= 11 is 0. The zero-order valence-electron chi connectivity index (χ0n) is 17.4. The third kappa shape index (κ3) is 8.68. The number of nitrogens with one attached hydrogen (secondary N) is 2. The second kappa shape index (κ2) is 12.3. The van der Waals surface area contributed by atoms with Crippen LogP contribution in [-0.4, -0.2) is 17.5 Å². The van der Waals surface area contributed by atoms with Crippen molar-refractivity contribution < 1.29 is 9.59 Å². The van der Waals surface area contributed by atoms with Gasteiger partial charge in [-0.15, -0.1) is 0 Å². The topological polar surface area (TPSA) is 70.6 Å². The summed E-state index contributed by atoms with van der Waals surface area (Å²) in [6.45, 7) is 4.09. The molecule has 154 valence electrons. The fraction of sp³-hybridized carbons (Fsp3) is 0.609. The molecule has 2 amide bonds. The standard InChI is InChI=1S/C23H35N3O2/c1-3-4-5-6-7-8-9-10-14-22(27)26-25-18(2)20-12-11-13-21(17-20)24-23(28)19-15-16-19/h11-13,17,19H,3-10,14-16H2,1-2H3,(H,24,28)(H,26,27). The van der Waals surface area contributed by atoms with E-state index in [2.05, 4.69) is 22.8 Å². The lowest BCUT2D eigenvalue weighted by Crippen LogP contribution is -2.19. The number of carbonyl (C=O) groups excluding carboxylic acids is 2. The lowest BCUT2D eigenvalue weighted by atomic mass is 10.1. The van der Waals surface area contributed by atoms with Crippen molar-refractivity contribution in [2.75, 3.05) is 5.32 Å². The predicted octanol–water partition coefficient (Wildman–Crippen LogP) is 5.41. The Kier molecular flexibility index (Phi) is 9.73. The van der Waals surface area contributed by atoms with Gasteiger partial charge in [-0.1, -0.05) is 64.0 Å². The summed E-state index contributed by atoms with van der Waals surface area (Å²) in [6.07, 6.45) is 12.2. The van der Waals surface area contributed by atoms with Gasteiger partial charge in [0.25, 0.3) is 0 Å². The Balaban J connectivity index is 1.67. The molecule has 1 aliphatic rings. The first-order valence-electron chi connectivity index (χ1n) is 10.8. The maximum absolute atomic E-state index is 12.0. The van der Waals surface area contributed by atoms with Gasteiger partial charge in [-0.25, -0.2) is 5.43 Å². The van der Waals surface area contributed by atoms with Crippen molar-refractivity contribution in [2.45, 2.75) is 84.5 Å². The first kappa shape index (κ1) is 22.1. The average Bonchev–Trinajstić information content (AvgIpc) is 3.54. The Morgan fingerprint density at radius 2 is 1.71 bits per heavy atom. The first-order valence-corrected chi connectivity index (χ1v) is 10.8. The van der Waals surface area contributed by atoms with Gasteiger partial charge in [0, 0.05) is 18.0 Å². The van der Waals surface area contributed by atoms with E-state index in [4.69, 9.17) is 0 Å². The lowest BCUT2D eigenvalue weighted by Gasteiger charge is -2.07. The van der Waals surface area contributed by atoms with E-state index in [1.807, 2.05) is 31.2 Å². The minimum absolute atomic E-state index is 0.0384. The van der Waals surface area contributed by atoms with Crippen molar-refractivity contribution >= 4 is 23.2 Å². The van der Waals surface area contributed by atoms with Crippen LogP contribution in [0.5, 0.6) is 0 Å². The third-order valence-corrected chi connectivity index (χ3v) is 5.10. The van der Waals surface area contributed by atoms with Crippen LogP contribution in [0.15, 0.2) is 29.4 Å². The van der Waals surface area contributed by atoms with Gasteiger partial charge in [-0.2, -0.15) is 5.10 Å². The molecule has 0 radical (unpaired) electrons. The van der Waals surface area contributed by atoms with Crippen molar-refractivity contribution in [3.05, 3.63) is 29.8 Å². The summed E-state index contributed by atoms with van der Waals surface area (Å²) in [5, 5.41) is 7.15. The predicted molar refractivity (Wildman–Crippen MR) is 115 cm³/mol. The van der Waals surface area contributed by atoms with Gasteiger partial charge >= 0.3 is 0 Å².